The van der Waals surface area contributed by atoms with Crippen molar-refractivity contribution in [2.24, 2.45) is 0 Å². The predicted octanol–water partition coefficient (Wildman–Crippen LogP) is 3.84. The van der Waals surface area contributed by atoms with Gasteiger partial charge < -0.3 is 10.2 Å². The molecule has 3 heteroatoms. The van der Waals surface area contributed by atoms with E-state index in [-0.39, 0.29) is 0 Å². The quantitative estimate of drug-likeness (QED) is 0.841. The minimum absolute atomic E-state index is 0.660. The Balaban J connectivity index is 1.69. The average molecular weight is 276 g/mol. The van der Waals surface area contributed by atoms with Crippen molar-refractivity contribution in [3.8, 4) is 0 Å². The maximum absolute atomic E-state index is 3.81. The van der Waals surface area contributed by atoms with Gasteiger partial charge in [0.1, 0.15) is 0 Å². The zero-order valence-corrected chi connectivity index (χ0v) is 12.7. The highest BCUT2D eigenvalue weighted by Gasteiger charge is 2.38. The summed E-state index contributed by atoms with van der Waals surface area (Å²) in [6.45, 7) is 2.22. The number of hydrogen-bond acceptors (Lipinski definition) is 3. The molecule has 0 spiro atoms. The van der Waals surface area contributed by atoms with Gasteiger partial charge in [0.05, 0.1) is 0 Å². The van der Waals surface area contributed by atoms with Crippen LogP contribution in [-0.2, 0) is 0 Å². The first-order chi connectivity index (χ1) is 9.28. The van der Waals surface area contributed by atoms with E-state index in [1.165, 1.54) is 36.3 Å². The summed E-state index contributed by atoms with van der Waals surface area (Å²) in [5.41, 5.74) is 1.34. The Morgan fingerprint density at radius 1 is 1.21 bits per heavy atom. The van der Waals surface area contributed by atoms with E-state index in [1.807, 2.05) is 11.8 Å². The number of rotatable bonds is 4. The van der Waals surface area contributed by atoms with Crippen LogP contribution in [0.25, 0.3) is 0 Å². The molecule has 0 aliphatic carbocycles. The molecule has 2 nitrogen and oxygen atoms in total. The normalized spacial score (nSPS) is 30.5. The lowest BCUT2D eigenvalue weighted by atomic mass is 9.98. The van der Waals surface area contributed by atoms with Crippen molar-refractivity contribution in [1.82, 2.24) is 4.90 Å². The summed E-state index contributed by atoms with van der Waals surface area (Å²) >= 11 is 1.94. The molecule has 0 saturated carbocycles. The Morgan fingerprint density at radius 3 is 2.58 bits per heavy atom. The van der Waals surface area contributed by atoms with Crippen LogP contribution in [0.4, 0.5) is 5.69 Å². The average Bonchev–Trinajstić information content (AvgIpc) is 2.64. The Kier molecular flexibility index (Phi) is 4.04. The van der Waals surface area contributed by atoms with Gasteiger partial charge in [0.25, 0.3) is 0 Å². The molecule has 2 fully saturated rings. The van der Waals surface area contributed by atoms with Crippen molar-refractivity contribution >= 4 is 17.4 Å². The van der Waals surface area contributed by atoms with Gasteiger partial charge in [-0.3, -0.25) is 0 Å². The number of anilines is 1. The van der Waals surface area contributed by atoms with E-state index in [2.05, 4.69) is 48.5 Å². The number of para-hydroxylation sites is 1. The first kappa shape index (κ1) is 13.3. The smallest absolute Gasteiger partial charge is 0.0480 e. The largest absolute Gasteiger partial charge is 0.381 e. The van der Waals surface area contributed by atoms with E-state index in [4.69, 9.17) is 0 Å². The minimum Gasteiger partial charge on any atom is -0.381 e. The third-order valence-electron chi connectivity index (χ3n) is 4.64. The summed E-state index contributed by atoms with van der Waals surface area (Å²) in [6, 6.07) is 11.0. The maximum Gasteiger partial charge on any atom is 0.0480 e. The lowest BCUT2D eigenvalue weighted by Crippen LogP contribution is -2.44. The van der Waals surface area contributed by atoms with Crippen LogP contribution in [-0.4, -0.2) is 35.8 Å². The Bertz CT molecular complexity index is 421. The first-order valence-corrected chi connectivity index (χ1v) is 8.46. The molecule has 19 heavy (non-hydrogen) atoms. The van der Waals surface area contributed by atoms with Gasteiger partial charge in [0, 0.05) is 28.7 Å². The van der Waals surface area contributed by atoms with Gasteiger partial charge in [-0.05, 0) is 50.6 Å². The second kappa shape index (κ2) is 5.76. The fourth-order valence-corrected chi connectivity index (χ4v) is 4.38. The molecular formula is C16H24N2S. The third-order valence-corrected chi connectivity index (χ3v) is 5.60. The Hall–Kier alpha value is -0.670. The van der Waals surface area contributed by atoms with Crippen molar-refractivity contribution in [3.63, 3.8) is 0 Å². The topological polar surface area (TPSA) is 15.3 Å². The molecular weight excluding hydrogens is 252 g/mol. The number of nitrogens with one attached hydrogen (secondary N) is 1. The van der Waals surface area contributed by atoms with E-state index >= 15 is 0 Å². The summed E-state index contributed by atoms with van der Waals surface area (Å²) in [6.07, 6.45) is 5.39. The first-order valence-electron chi connectivity index (χ1n) is 7.48. The van der Waals surface area contributed by atoms with E-state index in [0.717, 1.165) is 17.8 Å². The van der Waals surface area contributed by atoms with Crippen LogP contribution in [0.3, 0.4) is 0 Å². The van der Waals surface area contributed by atoms with Crippen molar-refractivity contribution in [3.05, 3.63) is 24.3 Å². The third kappa shape index (κ3) is 2.77. The van der Waals surface area contributed by atoms with Crippen LogP contribution in [0.2, 0.25) is 0 Å². The molecule has 2 saturated heterocycles. The number of fused-ring (bicyclic) bond motifs is 2. The van der Waals surface area contributed by atoms with E-state index in [9.17, 15) is 0 Å². The van der Waals surface area contributed by atoms with Gasteiger partial charge in [-0.25, -0.2) is 0 Å². The van der Waals surface area contributed by atoms with Crippen molar-refractivity contribution in [2.45, 2.75) is 55.6 Å². The molecule has 3 rings (SSSR count). The van der Waals surface area contributed by atoms with Crippen LogP contribution >= 0.6 is 11.8 Å². The zero-order chi connectivity index (χ0) is 13.2. The molecule has 2 heterocycles. The number of nitrogens with zero attached hydrogens (tertiary/aromatic N) is 1. The van der Waals surface area contributed by atoms with Crippen LogP contribution in [0, 0.1) is 0 Å². The highest BCUT2D eigenvalue weighted by molar-refractivity contribution is 7.99. The minimum atomic E-state index is 0.660. The van der Waals surface area contributed by atoms with E-state index in [0.29, 0.717) is 6.04 Å². The van der Waals surface area contributed by atoms with Crippen LogP contribution in [0.5, 0.6) is 0 Å². The standard InChI is InChI=1S/C16H24N2S/c1-3-19-16-7-5-4-6-15(16)17-12-10-13-8-9-14(11-12)18(13)2/h4-7,12-14,17H,3,8-11H2,1-2H3. The van der Waals surface area contributed by atoms with Gasteiger partial charge in [-0.1, -0.05) is 19.1 Å². The summed E-state index contributed by atoms with van der Waals surface area (Å²) in [5.74, 6) is 1.14. The highest BCUT2D eigenvalue weighted by atomic mass is 32.2. The van der Waals surface area contributed by atoms with Gasteiger partial charge in [0.2, 0.25) is 0 Å². The second-order valence-electron chi connectivity index (χ2n) is 5.79. The number of hydrogen-bond donors (Lipinski definition) is 1. The van der Waals surface area contributed by atoms with Crippen LogP contribution in [0.15, 0.2) is 29.2 Å². The van der Waals surface area contributed by atoms with Gasteiger partial charge in [-0.15, -0.1) is 11.8 Å². The molecule has 1 aromatic rings. The van der Waals surface area contributed by atoms with Crippen LogP contribution in [0.1, 0.15) is 32.6 Å². The van der Waals surface area contributed by atoms with Crippen molar-refractivity contribution < 1.29 is 0 Å². The lowest BCUT2D eigenvalue weighted by Gasteiger charge is -2.37. The van der Waals surface area contributed by atoms with Gasteiger partial charge in [-0.2, -0.15) is 0 Å². The zero-order valence-electron chi connectivity index (χ0n) is 11.9. The summed E-state index contributed by atoms with van der Waals surface area (Å²) in [7, 11) is 2.30. The molecule has 0 amide bonds. The van der Waals surface area contributed by atoms with Gasteiger partial charge >= 0.3 is 0 Å². The molecule has 2 aliphatic rings. The van der Waals surface area contributed by atoms with Gasteiger partial charge in [0.15, 0.2) is 0 Å². The maximum atomic E-state index is 3.81. The monoisotopic (exact) mass is 276 g/mol. The molecule has 0 aromatic heterocycles. The molecule has 1 N–H and O–H groups in total. The molecule has 1 aromatic carbocycles. The van der Waals surface area contributed by atoms with Crippen molar-refractivity contribution in [1.29, 1.82) is 0 Å². The SMILES string of the molecule is CCSc1ccccc1NC1CC2CCC(C1)N2C. The molecule has 2 atom stereocenters. The molecule has 2 bridgehead atoms. The van der Waals surface area contributed by atoms with E-state index < -0.39 is 0 Å². The molecule has 0 radical (unpaired) electrons. The molecule has 104 valence electrons. The van der Waals surface area contributed by atoms with Crippen molar-refractivity contribution in [2.75, 3.05) is 18.1 Å². The molecule has 2 unspecified atom stereocenters. The number of thioether (sulfide) groups is 1. The fourth-order valence-electron chi connectivity index (χ4n) is 3.62. The number of piperidine rings is 1. The van der Waals surface area contributed by atoms with Crippen LogP contribution < -0.4 is 5.32 Å². The lowest BCUT2D eigenvalue weighted by molar-refractivity contribution is 0.169. The highest BCUT2D eigenvalue weighted by Crippen LogP contribution is 2.36. The fraction of sp³-hybridized carbons (Fsp3) is 0.625. The summed E-state index contributed by atoms with van der Waals surface area (Å²) in [5, 5.41) is 3.81. The molecule has 2 aliphatic heterocycles. The predicted molar refractivity (Wildman–Crippen MR) is 84.1 cm³/mol. The number of benzene rings is 1. The Labute approximate surface area is 121 Å². The Morgan fingerprint density at radius 2 is 1.89 bits per heavy atom. The summed E-state index contributed by atoms with van der Waals surface area (Å²) < 4.78 is 0. The van der Waals surface area contributed by atoms with E-state index in [1.54, 1.807) is 0 Å². The summed E-state index contributed by atoms with van der Waals surface area (Å²) in [4.78, 5) is 4.00. The second-order valence-corrected chi connectivity index (χ2v) is 7.10.